The first-order valence-electron chi connectivity index (χ1n) is 3.79. The molecule has 0 amide bonds. The minimum atomic E-state index is -5.12. The summed E-state index contributed by atoms with van der Waals surface area (Å²) >= 11 is 0. The lowest BCUT2D eigenvalue weighted by atomic mass is 10.1. The van der Waals surface area contributed by atoms with Crippen molar-refractivity contribution in [3.8, 4) is 0 Å². The molecule has 84 valence electrons. The predicted molar refractivity (Wildman–Crippen MR) is 45.6 cm³/mol. The van der Waals surface area contributed by atoms with Crippen molar-refractivity contribution in [1.82, 2.24) is 0 Å². The zero-order chi connectivity index (χ0) is 12.0. The van der Waals surface area contributed by atoms with Gasteiger partial charge in [0.15, 0.2) is 22.3 Å². The zero-order valence-electron chi connectivity index (χ0n) is 7.81. The average molecular weight is 240 g/mol. The first-order chi connectivity index (χ1) is 6.68. The molecule has 0 aliphatic rings. The summed E-state index contributed by atoms with van der Waals surface area (Å²) in [4.78, 5) is -1.65. The molecule has 7 heteroatoms. The molecule has 0 heterocycles. The lowest BCUT2D eigenvalue weighted by Gasteiger charge is -2.08. The van der Waals surface area contributed by atoms with Gasteiger partial charge in [-0.25, -0.2) is 13.2 Å². The van der Waals surface area contributed by atoms with Crippen molar-refractivity contribution in [1.29, 1.82) is 0 Å². The Labute approximate surface area is 84.3 Å². The molecule has 0 spiro atoms. The van der Waals surface area contributed by atoms with Crippen molar-refractivity contribution in [2.24, 2.45) is 0 Å². The van der Waals surface area contributed by atoms with Crippen LogP contribution >= 0.6 is 0 Å². The van der Waals surface area contributed by atoms with E-state index in [1.54, 1.807) is 0 Å². The Morgan fingerprint density at radius 1 is 0.933 bits per heavy atom. The van der Waals surface area contributed by atoms with Gasteiger partial charge in [0, 0.05) is 0 Å². The van der Waals surface area contributed by atoms with Crippen LogP contribution in [0, 0.1) is 31.3 Å². The number of halogens is 3. The van der Waals surface area contributed by atoms with Crippen LogP contribution in [-0.4, -0.2) is 13.0 Å². The summed E-state index contributed by atoms with van der Waals surface area (Å²) in [5, 5.41) is 0. The van der Waals surface area contributed by atoms with Gasteiger partial charge in [-0.3, -0.25) is 4.55 Å². The van der Waals surface area contributed by atoms with Crippen LogP contribution in [0.4, 0.5) is 13.2 Å². The molecule has 1 N–H and O–H groups in total. The summed E-state index contributed by atoms with van der Waals surface area (Å²) in [5.41, 5.74) is -0.695. The molecule has 0 saturated heterocycles. The highest BCUT2D eigenvalue weighted by atomic mass is 32.2. The lowest BCUT2D eigenvalue weighted by molar-refractivity contribution is 0.426. The van der Waals surface area contributed by atoms with Crippen molar-refractivity contribution in [3.05, 3.63) is 28.6 Å². The summed E-state index contributed by atoms with van der Waals surface area (Å²) in [7, 11) is -5.12. The summed E-state index contributed by atoms with van der Waals surface area (Å²) in [6.07, 6.45) is 0. The molecule has 0 unspecified atom stereocenters. The highest BCUT2D eigenvalue weighted by molar-refractivity contribution is 7.85. The fraction of sp³-hybridized carbons (Fsp3) is 0.250. The van der Waals surface area contributed by atoms with Crippen LogP contribution < -0.4 is 0 Å². The van der Waals surface area contributed by atoms with Crippen LogP contribution in [0.5, 0.6) is 0 Å². The molecule has 0 fully saturated rings. The van der Waals surface area contributed by atoms with Crippen LogP contribution in [0.3, 0.4) is 0 Å². The van der Waals surface area contributed by atoms with Gasteiger partial charge in [0.1, 0.15) is 0 Å². The maximum atomic E-state index is 13.3. The van der Waals surface area contributed by atoms with E-state index in [0.29, 0.717) is 0 Å². The van der Waals surface area contributed by atoms with Gasteiger partial charge in [-0.2, -0.15) is 8.42 Å². The third-order valence-corrected chi connectivity index (χ3v) is 2.94. The van der Waals surface area contributed by atoms with Crippen LogP contribution in [0.1, 0.15) is 11.1 Å². The van der Waals surface area contributed by atoms with E-state index < -0.39 is 32.5 Å². The van der Waals surface area contributed by atoms with E-state index in [9.17, 15) is 21.6 Å². The molecule has 0 aliphatic carbocycles. The molecule has 0 aromatic heterocycles. The van der Waals surface area contributed by atoms with Crippen molar-refractivity contribution in [2.45, 2.75) is 18.7 Å². The summed E-state index contributed by atoms with van der Waals surface area (Å²) in [6, 6.07) is 0. The van der Waals surface area contributed by atoms with Crippen LogP contribution in [0.15, 0.2) is 4.90 Å². The Morgan fingerprint density at radius 3 is 1.73 bits per heavy atom. The normalized spacial score (nSPS) is 11.9. The largest absolute Gasteiger partial charge is 0.300 e. The van der Waals surface area contributed by atoms with Gasteiger partial charge >= 0.3 is 10.1 Å². The molecule has 0 bridgehead atoms. The second-order valence-corrected chi connectivity index (χ2v) is 4.35. The van der Waals surface area contributed by atoms with Crippen molar-refractivity contribution in [3.63, 3.8) is 0 Å². The molecule has 1 aromatic carbocycles. The van der Waals surface area contributed by atoms with Crippen LogP contribution in [0.25, 0.3) is 0 Å². The highest BCUT2D eigenvalue weighted by Crippen LogP contribution is 2.27. The Kier molecular flexibility index (Phi) is 2.79. The van der Waals surface area contributed by atoms with Crippen molar-refractivity contribution >= 4 is 10.1 Å². The maximum absolute atomic E-state index is 13.3. The van der Waals surface area contributed by atoms with E-state index in [4.69, 9.17) is 4.55 Å². The Morgan fingerprint density at radius 2 is 1.33 bits per heavy atom. The second-order valence-electron chi connectivity index (χ2n) is 3.00. The van der Waals surface area contributed by atoms with Gasteiger partial charge < -0.3 is 0 Å². The monoisotopic (exact) mass is 240 g/mol. The molecule has 1 aromatic rings. The average Bonchev–Trinajstić information content (AvgIpc) is 2.09. The Bertz CT molecular complexity index is 493. The van der Waals surface area contributed by atoms with Crippen molar-refractivity contribution in [2.75, 3.05) is 0 Å². The Hall–Kier alpha value is -1.08. The van der Waals surface area contributed by atoms with Gasteiger partial charge in [-0.05, 0) is 25.0 Å². The SMILES string of the molecule is Cc1c(C)c(F)c(S(=O)(=O)O)c(F)c1F. The molecule has 0 saturated carbocycles. The first kappa shape index (κ1) is 12.0. The fourth-order valence-electron chi connectivity index (χ4n) is 1.09. The smallest absolute Gasteiger partial charge is 0.282 e. The van der Waals surface area contributed by atoms with Gasteiger partial charge in [0.2, 0.25) is 0 Å². The van der Waals surface area contributed by atoms with E-state index in [-0.39, 0.29) is 11.1 Å². The minimum absolute atomic E-state index is 0.336. The van der Waals surface area contributed by atoms with Crippen molar-refractivity contribution < 1.29 is 26.1 Å². The van der Waals surface area contributed by atoms with E-state index >= 15 is 0 Å². The first-order valence-corrected chi connectivity index (χ1v) is 5.23. The molecule has 0 aliphatic heterocycles. The fourth-order valence-corrected chi connectivity index (χ4v) is 1.78. The predicted octanol–water partition coefficient (Wildman–Crippen LogP) is 1.97. The lowest BCUT2D eigenvalue weighted by Crippen LogP contribution is -2.10. The maximum Gasteiger partial charge on any atom is 0.300 e. The molecule has 1 rings (SSSR count). The van der Waals surface area contributed by atoms with Gasteiger partial charge in [-0.15, -0.1) is 0 Å². The number of hydrogen-bond acceptors (Lipinski definition) is 2. The third-order valence-electron chi connectivity index (χ3n) is 2.07. The van der Waals surface area contributed by atoms with Gasteiger partial charge in [-0.1, -0.05) is 0 Å². The van der Waals surface area contributed by atoms with Crippen LogP contribution in [0.2, 0.25) is 0 Å². The topological polar surface area (TPSA) is 54.4 Å². The molecular formula is C8H7F3O3S. The molecule has 0 radical (unpaired) electrons. The quantitative estimate of drug-likeness (QED) is 0.603. The molecular weight excluding hydrogens is 233 g/mol. The van der Waals surface area contributed by atoms with E-state index in [1.165, 1.54) is 0 Å². The second kappa shape index (κ2) is 3.49. The molecule has 3 nitrogen and oxygen atoms in total. The number of hydrogen-bond donors (Lipinski definition) is 1. The van der Waals surface area contributed by atoms with Crippen LogP contribution in [-0.2, 0) is 10.1 Å². The molecule has 15 heavy (non-hydrogen) atoms. The third kappa shape index (κ3) is 1.84. The highest BCUT2D eigenvalue weighted by Gasteiger charge is 2.28. The number of rotatable bonds is 1. The zero-order valence-corrected chi connectivity index (χ0v) is 8.62. The molecule has 0 atom stereocenters. The minimum Gasteiger partial charge on any atom is -0.282 e. The number of benzene rings is 1. The van der Waals surface area contributed by atoms with E-state index in [2.05, 4.69) is 0 Å². The Balaban J connectivity index is 3.84. The standard InChI is InChI=1S/C8H7F3O3S/c1-3-4(2)6(10)8(15(12,13)14)7(11)5(3)9/h1-2H3,(H,12,13,14). The summed E-state index contributed by atoms with van der Waals surface area (Å²) in [6.45, 7) is 2.19. The summed E-state index contributed by atoms with van der Waals surface area (Å²) in [5.74, 6) is -4.87. The summed E-state index contributed by atoms with van der Waals surface area (Å²) < 4.78 is 69.1. The van der Waals surface area contributed by atoms with E-state index in [0.717, 1.165) is 13.8 Å². The van der Waals surface area contributed by atoms with E-state index in [1.807, 2.05) is 0 Å². The van der Waals surface area contributed by atoms with Gasteiger partial charge in [0.05, 0.1) is 0 Å². The van der Waals surface area contributed by atoms with Gasteiger partial charge in [0.25, 0.3) is 0 Å².